The normalized spacial score (nSPS) is 11.0. The minimum absolute atomic E-state index is 0.0589. The summed E-state index contributed by atoms with van der Waals surface area (Å²) in [6.07, 6.45) is 4.31. The Kier molecular flexibility index (Phi) is 9.43. The maximum atomic E-state index is 13.2. The Balaban J connectivity index is 2.35. The number of carbonyl (C=O) groups is 1. The van der Waals surface area contributed by atoms with E-state index in [4.69, 9.17) is 5.73 Å². The maximum absolute atomic E-state index is 13.2. The summed E-state index contributed by atoms with van der Waals surface area (Å²) in [7, 11) is 0. The number of carbonyl (C=O) groups excluding carboxylic acids is 1. The zero-order valence-corrected chi connectivity index (χ0v) is 19.8. The van der Waals surface area contributed by atoms with Gasteiger partial charge in [0.15, 0.2) is 5.69 Å². The molecule has 0 aliphatic rings. The number of hydrogen-bond acceptors (Lipinski definition) is 5. The lowest BCUT2D eigenvalue weighted by Gasteiger charge is -2.24. The fourth-order valence-corrected chi connectivity index (χ4v) is 4.32. The van der Waals surface area contributed by atoms with E-state index >= 15 is 0 Å². The Morgan fingerprint density at radius 1 is 1.13 bits per heavy atom. The van der Waals surface area contributed by atoms with E-state index in [1.165, 1.54) is 26.8 Å². The number of benzene rings is 1. The lowest BCUT2D eigenvalue weighted by Crippen LogP contribution is -2.42. The highest BCUT2D eigenvalue weighted by Crippen LogP contribution is 2.25. The van der Waals surface area contributed by atoms with Gasteiger partial charge in [0.1, 0.15) is 5.82 Å². The van der Waals surface area contributed by atoms with Crippen LogP contribution in [0.25, 0.3) is 0 Å². The molecule has 0 saturated heterocycles. The van der Waals surface area contributed by atoms with E-state index < -0.39 is 11.2 Å². The molecular formula is C23H34N4O3S. The van der Waals surface area contributed by atoms with Crippen molar-refractivity contribution in [3.63, 3.8) is 0 Å². The standard InChI is InChI=1S/C23H34N4O3S/c1-5-7-9-13-26(19(28)15-31-18-11-10-16(3)14-17(18)4)20-21(24)27(12-8-6-2)23(30)25-22(20)29/h10-11,14H,5-9,12-13,15,24H2,1-4H3,(H,25,29,30). The van der Waals surface area contributed by atoms with Gasteiger partial charge in [0.05, 0.1) is 5.75 Å². The lowest BCUT2D eigenvalue weighted by molar-refractivity contribution is -0.116. The minimum atomic E-state index is -0.614. The number of nitrogens with two attached hydrogens (primary N) is 1. The molecule has 0 unspecified atom stereocenters. The number of aromatic nitrogens is 2. The second-order valence-electron chi connectivity index (χ2n) is 7.81. The SMILES string of the molecule is CCCCCN(C(=O)CSc1ccc(C)cc1C)c1c(N)n(CCCC)c(=O)[nH]c1=O. The fraction of sp³-hybridized carbons (Fsp3) is 0.522. The van der Waals surface area contributed by atoms with E-state index in [2.05, 4.69) is 18.0 Å². The van der Waals surface area contributed by atoms with Crippen LogP contribution in [-0.2, 0) is 11.3 Å². The number of amides is 1. The Morgan fingerprint density at radius 3 is 2.48 bits per heavy atom. The number of nitrogens with zero attached hydrogens (tertiary/aromatic N) is 2. The third-order valence-corrected chi connectivity index (χ3v) is 6.35. The average Bonchev–Trinajstić information content (AvgIpc) is 2.71. The van der Waals surface area contributed by atoms with Gasteiger partial charge in [-0.3, -0.25) is 19.1 Å². The highest BCUT2D eigenvalue weighted by atomic mass is 32.2. The van der Waals surface area contributed by atoms with Gasteiger partial charge < -0.3 is 10.6 Å². The van der Waals surface area contributed by atoms with Crippen LogP contribution < -0.4 is 21.9 Å². The number of anilines is 2. The van der Waals surface area contributed by atoms with Crippen molar-refractivity contribution in [2.24, 2.45) is 0 Å². The molecular weight excluding hydrogens is 412 g/mol. The number of hydrogen-bond donors (Lipinski definition) is 2. The topological polar surface area (TPSA) is 101 Å². The molecule has 7 nitrogen and oxygen atoms in total. The van der Waals surface area contributed by atoms with Gasteiger partial charge in [-0.05, 0) is 38.3 Å². The van der Waals surface area contributed by atoms with Crippen LogP contribution in [0.1, 0.15) is 57.1 Å². The van der Waals surface area contributed by atoms with E-state index in [1.54, 1.807) is 0 Å². The van der Waals surface area contributed by atoms with E-state index in [0.717, 1.165) is 42.6 Å². The highest BCUT2D eigenvalue weighted by molar-refractivity contribution is 8.00. The van der Waals surface area contributed by atoms with Gasteiger partial charge in [0.25, 0.3) is 5.56 Å². The molecule has 0 radical (unpaired) electrons. The van der Waals surface area contributed by atoms with Gasteiger partial charge in [0.2, 0.25) is 5.91 Å². The molecule has 1 aromatic carbocycles. The van der Waals surface area contributed by atoms with Crippen molar-refractivity contribution in [3.05, 3.63) is 50.2 Å². The van der Waals surface area contributed by atoms with Crippen molar-refractivity contribution in [1.29, 1.82) is 0 Å². The zero-order valence-electron chi connectivity index (χ0n) is 19.0. The highest BCUT2D eigenvalue weighted by Gasteiger charge is 2.24. The summed E-state index contributed by atoms with van der Waals surface area (Å²) < 4.78 is 1.36. The van der Waals surface area contributed by atoms with Crippen molar-refractivity contribution >= 4 is 29.2 Å². The van der Waals surface area contributed by atoms with Gasteiger partial charge >= 0.3 is 5.69 Å². The molecule has 3 N–H and O–H groups in total. The summed E-state index contributed by atoms with van der Waals surface area (Å²) >= 11 is 1.45. The molecule has 0 bridgehead atoms. The van der Waals surface area contributed by atoms with Crippen LogP contribution in [-0.4, -0.2) is 27.8 Å². The van der Waals surface area contributed by atoms with Crippen molar-refractivity contribution in [3.8, 4) is 0 Å². The van der Waals surface area contributed by atoms with Gasteiger partial charge in [0, 0.05) is 18.0 Å². The number of aromatic amines is 1. The molecule has 170 valence electrons. The summed E-state index contributed by atoms with van der Waals surface area (Å²) in [6.45, 7) is 8.93. The number of H-pyrrole nitrogens is 1. The van der Waals surface area contributed by atoms with Crippen LogP contribution in [0.3, 0.4) is 0 Å². The predicted octanol–water partition coefficient (Wildman–Crippen LogP) is 3.85. The van der Waals surface area contributed by atoms with E-state index in [9.17, 15) is 14.4 Å². The summed E-state index contributed by atoms with van der Waals surface area (Å²) in [5.74, 6) is 0.0470. The van der Waals surface area contributed by atoms with Crippen molar-refractivity contribution in [2.75, 3.05) is 22.9 Å². The summed E-state index contributed by atoms with van der Waals surface area (Å²) in [5.41, 5.74) is 7.47. The van der Waals surface area contributed by atoms with Crippen LogP contribution in [0.5, 0.6) is 0 Å². The number of rotatable bonds is 11. The second kappa shape index (κ2) is 11.8. The molecule has 0 saturated carbocycles. The molecule has 1 aromatic heterocycles. The quantitative estimate of drug-likeness (QED) is 0.403. The number of nitrogens with one attached hydrogen (secondary N) is 1. The third kappa shape index (κ3) is 6.50. The summed E-state index contributed by atoms with van der Waals surface area (Å²) in [4.78, 5) is 43.0. The Labute approximate surface area is 188 Å². The minimum Gasteiger partial charge on any atom is -0.383 e. The molecule has 1 heterocycles. The monoisotopic (exact) mass is 446 g/mol. The predicted molar refractivity (Wildman–Crippen MR) is 129 cm³/mol. The van der Waals surface area contributed by atoms with Crippen LogP contribution in [0.2, 0.25) is 0 Å². The Hall–Kier alpha value is -2.48. The van der Waals surface area contributed by atoms with Gasteiger partial charge in [-0.25, -0.2) is 4.79 Å². The van der Waals surface area contributed by atoms with Crippen molar-refractivity contribution in [1.82, 2.24) is 9.55 Å². The third-order valence-electron chi connectivity index (χ3n) is 5.19. The number of unbranched alkanes of at least 4 members (excludes halogenated alkanes) is 3. The molecule has 0 spiro atoms. The van der Waals surface area contributed by atoms with Gasteiger partial charge in [-0.1, -0.05) is 50.8 Å². The average molecular weight is 447 g/mol. The van der Waals surface area contributed by atoms with Crippen LogP contribution in [0, 0.1) is 13.8 Å². The first kappa shape index (κ1) is 24.8. The first-order chi connectivity index (χ1) is 14.8. The van der Waals surface area contributed by atoms with Gasteiger partial charge in [-0.15, -0.1) is 11.8 Å². The molecule has 0 atom stereocenters. The van der Waals surface area contributed by atoms with Crippen LogP contribution in [0.4, 0.5) is 11.5 Å². The van der Waals surface area contributed by atoms with E-state index in [-0.39, 0.29) is 23.2 Å². The number of thioether (sulfide) groups is 1. The number of nitrogen functional groups attached to an aromatic ring is 1. The molecule has 1 amide bonds. The van der Waals surface area contributed by atoms with Crippen LogP contribution >= 0.6 is 11.8 Å². The smallest absolute Gasteiger partial charge is 0.330 e. The van der Waals surface area contributed by atoms with E-state index in [0.29, 0.717) is 13.1 Å². The Bertz CT molecular complexity index is 1010. The summed E-state index contributed by atoms with van der Waals surface area (Å²) in [6, 6.07) is 6.11. The van der Waals surface area contributed by atoms with Crippen LogP contribution in [0.15, 0.2) is 32.7 Å². The van der Waals surface area contributed by atoms with Gasteiger partial charge in [-0.2, -0.15) is 0 Å². The zero-order chi connectivity index (χ0) is 23.0. The first-order valence-electron chi connectivity index (χ1n) is 10.9. The largest absolute Gasteiger partial charge is 0.383 e. The van der Waals surface area contributed by atoms with E-state index in [1.807, 2.05) is 32.9 Å². The molecule has 0 fully saturated rings. The molecule has 8 heteroatoms. The molecule has 31 heavy (non-hydrogen) atoms. The maximum Gasteiger partial charge on any atom is 0.330 e. The lowest BCUT2D eigenvalue weighted by atomic mass is 10.2. The fourth-order valence-electron chi connectivity index (χ4n) is 3.44. The molecule has 0 aliphatic heterocycles. The van der Waals surface area contributed by atoms with Crippen molar-refractivity contribution in [2.45, 2.75) is 71.2 Å². The molecule has 2 rings (SSSR count). The first-order valence-corrected chi connectivity index (χ1v) is 11.9. The summed E-state index contributed by atoms with van der Waals surface area (Å²) in [5, 5.41) is 0. The Morgan fingerprint density at radius 2 is 1.84 bits per heavy atom. The van der Waals surface area contributed by atoms with Crippen molar-refractivity contribution < 1.29 is 4.79 Å². The second-order valence-corrected chi connectivity index (χ2v) is 8.83. The number of aryl methyl sites for hydroxylation is 2. The molecule has 0 aliphatic carbocycles. The molecule has 2 aromatic rings.